The fraction of sp³-hybridized carbons (Fsp3) is 0.800. The normalized spacial score (nSPS) is 14.5. The summed E-state index contributed by atoms with van der Waals surface area (Å²) in [7, 11) is 0. The van der Waals surface area contributed by atoms with Crippen molar-refractivity contribution >= 4 is 0 Å². The van der Waals surface area contributed by atoms with Crippen LogP contribution in [-0.2, 0) is 0 Å². The number of hydrogen-bond donors (Lipinski definition) is 1. The van der Waals surface area contributed by atoms with Crippen molar-refractivity contribution in [3.8, 4) is 0 Å². The molecule has 0 spiro atoms. The van der Waals surface area contributed by atoms with Crippen LogP contribution in [0.15, 0.2) is 12.3 Å². The van der Waals surface area contributed by atoms with Gasteiger partial charge in [0.05, 0.1) is 5.76 Å². The second kappa shape index (κ2) is 3.80. The summed E-state index contributed by atoms with van der Waals surface area (Å²) in [6.45, 7) is 12.1. The van der Waals surface area contributed by atoms with Crippen LogP contribution in [0, 0.1) is 11.3 Å². The summed E-state index contributed by atoms with van der Waals surface area (Å²) in [5, 5.41) is 9.02. The van der Waals surface area contributed by atoms with E-state index in [-0.39, 0.29) is 5.92 Å². The summed E-state index contributed by atoms with van der Waals surface area (Å²) in [5.74, 6) is 0.559. The Kier molecular flexibility index (Phi) is 3.64. The van der Waals surface area contributed by atoms with Crippen molar-refractivity contribution in [2.45, 2.75) is 40.5 Å². The predicted molar refractivity (Wildman–Crippen MR) is 49.6 cm³/mol. The zero-order chi connectivity index (χ0) is 9.07. The van der Waals surface area contributed by atoms with Gasteiger partial charge in [0, 0.05) is 5.92 Å². The zero-order valence-electron chi connectivity index (χ0n) is 8.15. The largest absolute Gasteiger partial charge is 0.513 e. The van der Waals surface area contributed by atoms with Crippen molar-refractivity contribution in [2.75, 3.05) is 0 Å². The van der Waals surface area contributed by atoms with E-state index in [4.69, 9.17) is 5.11 Å². The van der Waals surface area contributed by atoms with Crippen LogP contribution in [0.25, 0.3) is 0 Å². The highest BCUT2D eigenvalue weighted by molar-refractivity contribution is 4.86. The molecule has 0 aromatic heterocycles. The Morgan fingerprint density at radius 1 is 1.45 bits per heavy atom. The second-order valence-corrected chi connectivity index (χ2v) is 4.49. The maximum absolute atomic E-state index is 9.02. The van der Waals surface area contributed by atoms with E-state index in [0.29, 0.717) is 11.2 Å². The van der Waals surface area contributed by atoms with Gasteiger partial charge < -0.3 is 5.11 Å². The van der Waals surface area contributed by atoms with Crippen LogP contribution in [0.5, 0.6) is 0 Å². The molecule has 0 aromatic rings. The first-order valence-electron chi connectivity index (χ1n) is 4.20. The molecular weight excluding hydrogens is 136 g/mol. The van der Waals surface area contributed by atoms with Gasteiger partial charge in [-0.25, -0.2) is 0 Å². The van der Waals surface area contributed by atoms with E-state index in [1.807, 2.05) is 6.92 Å². The highest BCUT2D eigenvalue weighted by Crippen LogP contribution is 2.25. The topological polar surface area (TPSA) is 20.2 Å². The van der Waals surface area contributed by atoms with Gasteiger partial charge >= 0.3 is 0 Å². The fourth-order valence-corrected chi connectivity index (χ4v) is 0.816. The molecule has 1 unspecified atom stereocenters. The molecule has 1 nitrogen and oxygen atoms in total. The Morgan fingerprint density at radius 3 is 2.18 bits per heavy atom. The van der Waals surface area contributed by atoms with Crippen molar-refractivity contribution < 1.29 is 5.11 Å². The lowest BCUT2D eigenvalue weighted by atomic mass is 9.87. The van der Waals surface area contributed by atoms with E-state index in [0.717, 1.165) is 12.8 Å². The lowest BCUT2D eigenvalue weighted by molar-refractivity contribution is 0.290. The Balaban J connectivity index is 3.63. The van der Waals surface area contributed by atoms with Crippen molar-refractivity contribution in [1.29, 1.82) is 0 Å². The molecule has 1 atom stereocenters. The lowest BCUT2D eigenvalue weighted by Gasteiger charge is -2.20. The van der Waals surface area contributed by atoms with Gasteiger partial charge in [-0.1, -0.05) is 34.3 Å². The molecule has 66 valence electrons. The van der Waals surface area contributed by atoms with Crippen molar-refractivity contribution in [3.05, 3.63) is 12.3 Å². The molecule has 0 aliphatic heterocycles. The third-order valence-electron chi connectivity index (χ3n) is 1.90. The molecule has 0 aliphatic carbocycles. The average Bonchev–Trinajstić information content (AvgIpc) is 1.80. The highest BCUT2D eigenvalue weighted by Gasteiger charge is 2.13. The molecule has 0 bridgehead atoms. The second-order valence-electron chi connectivity index (χ2n) is 4.49. The van der Waals surface area contributed by atoms with Crippen molar-refractivity contribution in [2.24, 2.45) is 11.3 Å². The van der Waals surface area contributed by atoms with Crippen molar-refractivity contribution in [1.82, 2.24) is 0 Å². The molecule has 1 heteroatoms. The molecule has 0 radical (unpaired) electrons. The molecule has 0 amide bonds. The summed E-state index contributed by atoms with van der Waals surface area (Å²) >= 11 is 0. The molecule has 0 fully saturated rings. The number of aliphatic hydroxyl groups is 1. The van der Waals surface area contributed by atoms with Gasteiger partial charge in [-0.05, 0) is 18.3 Å². The highest BCUT2D eigenvalue weighted by atomic mass is 16.3. The minimum atomic E-state index is 0.245. The van der Waals surface area contributed by atoms with Gasteiger partial charge in [-0.2, -0.15) is 0 Å². The SMILES string of the molecule is C=C(O)C(C)CCC(C)(C)C. The Morgan fingerprint density at radius 2 is 1.91 bits per heavy atom. The molecular formula is C10H20O. The van der Waals surface area contributed by atoms with Crippen LogP contribution in [0.3, 0.4) is 0 Å². The molecule has 11 heavy (non-hydrogen) atoms. The molecule has 0 saturated carbocycles. The molecule has 0 aliphatic rings. The van der Waals surface area contributed by atoms with E-state index in [1.54, 1.807) is 0 Å². The first-order chi connectivity index (χ1) is 4.83. The fourth-order valence-electron chi connectivity index (χ4n) is 0.816. The third-order valence-corrected chi connectivity index (χ3v) is 1.90. The van der Waals surface area contributed by atoms with Gasteiger partial charge in [0.25, 0.3) is 0 Å². The molecule has 0 saturated heterocycles. The van der Waals surface area contributed by atoms with Gasteiger partial charge in [0.15, 0.2) is 0 Å². The Labute approximate surface area is 70.1 Å². The summed E-state index contributed by atoms with van der Waals surface area (Å²) in [4.78, 5) is 0. The summed E-state index contributed by atoms with van der Waals surface area (Å²) in [6, 6.07) is 0. The summed E-state index contributed by atoms with van der Waals surface area (Å²) in [6.07, 6.45) is 2.16. The van der Waals surface area contributed by atoms with E-state index in [2.05, 4.69) is 27.4 Å². The van der Waals surface area contributed by atoms with Crippen LogP contribution in [-0.4, -0.2) is 5.11 Å². The number of rotatable bonds is 3. The zero-order valence-corrected chi connectivity index (χ0v) is 8.15. The van der Waals surface area contributed by atoms with Crippen molar-refractivity contribution in [3.63, 3.8) is 0 Å². The van der Waals surface area contributed by atoms with E-state index < -0.39 is 0 Å². The predicted octanol–water partition coefficient (Wildman–Crippen LogP) is 3.52. The van der Waals surface area contributed by atoms with Crippen LogP contribution in [0.4, 0.5) is 0 Å². The average molecular weight is 156 g/mol. The van der Waals surface area contributed by atoms with Gasteiger partial charge in [-0.3, -0.25) is 0 Å². The maximum atomic E-state index is 9.02. The third kappa shape index (κ3) is 5.96. The number of hydrogen-bond acceptors (Lipinski definition) is 1. The number of aliphatic hydroxyl groups excluding tert-OH is 1. The van der Waals surface area contributed by atoms with Crippen LogP contribution < -0.4 is 0 Å². The molecule has 1 N–H and O–H groups in total. The van der Waals surface area contributed by atoms with Crippen LogP contribution in [0.1, 0.15) is 40.5 Å². The first kappa shape index (κ1) is 10.5. The van der Waals surface area contributed by atoms with E-state index >= 15 is 0 Å². The minimum absolute atomic E-state index is 0.245. The van der Waals surface area contributed by atoms with E-state index in [9.17, 15) is 0 Å². The molecule has 0 rings (SSSR count). The lowest BCUT2D eigenvalue weighted by Crippen LogP contribution is -2.08. The number of allylic oxidation sites excluding steroid dienone is 1. The first-order valence-corrected chi connectivity index (χ1v) is 4.20. The van der Waals surface area contributed by atoms with Gasteiger partial charge in [-0.15, -0.1) is 0 Å². The monoisotopic (exact) mass is 156 g/mol. The maximum Gasteiger partial charge on any atom is 0.0879 e. The smallest absolute Gasteiger partial charge is 0.0879 e. The molecule has 0 heterocycles. The standard InChI is InChI=1S/C10H20O/c1-8(9(2)11)6-7-10(3,4)5/h8,11H,2,6-7H2,1,3-5H3. The minimum Gasteiger partial charge on any atom is -0.513 e. The quantitative estimate of drug-likeness (QED) is 0.620. The van der Waals surface area contributed by atoms with E-state index in [1.165, 1.54) is 0 Å². The van der Waals surface area contributed by atoms with Crippen LogP contribution >= 0.6 is 0 Å². The molecule has 0 aromatic carbocycles. The summed E-state index contributed by atoms with van der Waals surface area (Å²) < 4.78 is 0. The van der Waals surface area contributed by atoms with Crippen LogP contribution in [0.2, 0.25) is 0 Å². The van der Waals surface area contributed by atoms with Gasteiger partial charge in [0.1, 0.15) is 0 Å². The summed E-state index contributed by atoms with van der Waals surface area (Å²) in [5.41, 5.74) is 0.365. The Bertz CT molecular complexity index is 130. The van der Waals surface area contributed by atoms with Gasteiger partial charge in [0.2, 0.25) is 0 Å². The Hall–Kier alpha value is -0.460.